The number of ether oxygens (including phenoxy) is 1. The minimum absolute atomic E-state index is 0.135. The molecule has 0 aromatic rings. The molecule has 0 aromatic carbocycles. The summed E-state index contributed by atoms with van der Waals surface area (Å²) in [6.07, 6.45) is 4.96. The van der Waals surface area contributed by atoms with Crippen molar-refractivity contribution in [2.75, 3.05) is 0 Å². The van der Waals surface area contributed by atoms with Crippen LogP contribution in [0.1, 0.15) is 39.5 Å². The van der Waals surface area contributed by atoms with Crippen molar-refractivity contribution >= 4 is 5.97 Å². The van der Waals surface area contributed by atoms with E-state index in [4.69, 9.17) is 4.74 Å². The van der Waals surface area contributed by atoms with Gasteiger partial charge in [-0.05, 0) is 25.2 Å². The van der Waals surface area contributed by atoms with Crippen LogP contribution >= 0.6 is 0 Å². The lowest BCUT2D eigenvalue weighted by Gasteiger charge is -2.27. The van der Waals surface area contributed by atoms with Crippen LogP contribution in [0.3, 0.4) is 0 Å². The normalized spacial score (nSPS) is 31.5. The van der Waals surface area contributed by atoms with Gasteiger partial charge in [0, 0.05) is 6.92 Å². The lowest BCUT2D eigenvalue weighted by atomic mass is 9.88. The first-order valence-electron chi connectivity index (χ1n) is 4.37. The van der Waals surface area contributed by atoms with Gasteiger partial charge in [-0.1, -0.05) is 13.3 Å². The summed E-state index contributed by atoms with van der Waals surface area (Å²) in [5.74, 6) is 0.427. The molecule has 1 aliphatic carbocycles. The van der Waals surface area contributed by atoms with E-state index in [0.29, 0.717) is 5.92 Å². The number of carbonyl (C=O) groups is 1. The molecule has 0 saturated heterocycles. The molecule has 0 aliphatic heterocycles. The minimum Gasteiger partial charge on any atom is -0.462 e. The van der Waals surface area contributed by atoms with Crippen molar-refractivity contribution in [1.29, 1.82) is 0 Å². The second kappa shape index (κ2) is 3.74. The highest BCUT2D eigenvalue weighted by Crippen LogP contribution is 2.26. The van der Waals surface area contributed by atoms with Crippen molar-refractivity contribution in [3.63, 3.8) is 0 Å². The number of rotatable bonds is 1. The van der Waals surface area contributed by atoms with E-state index >= 15 is 0 Å². The summed E-state index contributed by atoms with van der Waals surface area (Å²) in [5, 5.41) is 0. The van der Waals surface area contributed by atoms with Crippen LogP contribution in [0.25, 0.3) is 0 Å². The van der Waals surface area contributed by atoms with Gasteiger partial charge in [0.05, 0.1) is 0 Å². The third-order valence-corrected chi connectivity index (χ3v) is 2.35. The molecule has 11 heavy (non-hydrogen) atoms. The molecule has 0 amide bonds. The standard InChI is InChI=1S/C9H16O2/c1-7-5-3-4-6-9(7)11-8(2)10/h7,9H,3-6H2,1-2H3/t7-,9-/m1/s1. The molecule has 1 aliphatic rings. The third-order valence-electron chi connectivity index (χ3n) is 2.35. The summed E-state index contributed by atoms with van der Waals surface area (Å²) in [6.45, 7) is 3.65. The summed E-state index contributed by atoms with van der Waals surface area (Å²) < 4.78 is 5.16. The molecular formula is C9H16O2. The van der Waals surface area contributed by atoms with Gasteiger partial charge in [-0.15, -0.1) is 0 Å². The fourth-order valence-corrected chi connectivity index (χ4v) is 1.67. The van der Waals surface area contributed by atoms with E-state index in [-0.39, 0.29) is 12.1 Å². The molecule has 0 unspecified atom stereocenters. The minimum atomic E-state index is -0.135. The average Bonchev–Trinajstić information content (AvgIpc) is 1.93. The molecule has 0 heterocycles. The Morgan fingerprint density at radius 1 is 1.36 bits per heavy atom. The first-order chi connectivity index (χ1) is 5.20. The van der Waals surface area contributed by atoms with Gasteiger partial charge in [0.2, 0.25) is 0 Å². The molecule has 2 heteroatoms. The van der Waals surface area contributed by atoms with Crippen molar-refractivity contribution in [2.45, 2.75) is 45.6 Å². The van der Waals surface area contributed by atoms with E-state index in [1.165, 1.54) is 26.2 Å². The SMILES string of the molecule is CC(=O)O[C@@H]1CCCC[C@H]1C. The first kappa shape index (κ1) is 8.57. The zero-order valence-corrected chi connectivity index (χ0v) is 7.30. The van der Waals surface area contributed by atoms with Crippen molar-refractivity contribution in [3.05, 3.63) is 0 Å². The zero-order valence-electron chi connectivity index (χ0n) is 7.30. The van der Waals surface area contributed by atoms with Gasteiger partial charge in [-0.25, -0.2) is 0 Å². The van der Waals surface area contributed by atoms with Gasteiger partial charge in [-0.3, -0.25) is 4.79 Å². The number of hydrogen-bond donors (Lipinski definition) is 0. The van der Waals surface area contributed by atoms with Crippen LogP contribution in [0.4, 0.5) is 0 Å². The maximum atomic E-state index is 10.6. The highest BCUT2D eigenvalue weighted by molar-refractivity contribution is 5.66. The highest BCUT2D eigenvalue weighted by atomic mass is 16.5. The second-order valence-electron chi connectivity index (χ2n) is 3.41. The van der Waals surface area contributed by atoms with Crippen LogP contribution < -0.4 is 0 Å². The van der Waals surface area contributed by atoms with Crippen molar-refractivity contribution in [1.82, 2.24) is 0 Å². The van der Waals surface area contributed by atoms with Gasteiger partial charge >= 0.3 is 5.97 Å². The molecular weight excluding hydrogens is 140 g/mol. The Balaban J connectivity index is 2.35. The van der Waals surface area contributed by atoms with Crippen LogP contribution in [0, 0.1) is 5.92 Å². The van der Waals surface area contributed by atoms with Crippen LogP contribution in [-0.4, -0.2) is 12.1 Å². The van der Waals surface area contributed by atoms with Crippen LogP contribution in [0.15, 0.2) is 0 Å². The van der Waals surface area contributed by atoms with Crippen molar-refractivity contribution in [3.8, 4) is 0 Å². The summed E-state index contributed by atoms with van der Waals surface area (Å²) in [6, 6.07) is 0. The van der Waals surface area contributed by atoms with Crippen molar-refractivity contribution < 1.29 is 9.53 Å². The number of hydrogen-bond acceptors (Lipinski definition) is 2. The largest absolute Gasteiger partial charge is 0.462 e. The predicted octanol–water partition coefficient (Wildman–Crippen LogP) is 2.13. The van der Waals surface area contributed by atoms with Gasteiger partial charge in [0.25, 0.3) is 0 Å². The lowest BCUT2D eigenvalue weighted by Crippen LogP contribution is -2.27. The quantitative estimate of drug-likeness (QED) is 0.543. The van der Waals surface area contributed by atoms with Gasteiger partial charge < -0.3 is 4.74 Å². The summed E-state index contributed by atoms with van der Waals surface area (Å²) in [7, 11) is 0. The Bertz CT molecular complexity index is 142. The second-order valence-corrected chi connectivity index (χ2v) is 3.41. The predicted molar refractivity (Wildman–Crippen MR) is 43.2 cm³/mol. The maximum Gasteiger partial charge on any atom is 0.302 e. The molecule has 2 atom stereocenters. The fraction of sp³-hybridized carbons (Fsp3) is 0.889. The molecule has 0 N–H and O–H groups in total. The van der Waals surface area contributed by atoms with Gasteiger partial charge in [0.1, 0.15) is 6.10 Å². The van der Waals surface area contributed by atoms with E-state index in [2.05, 4.69) is 6.92 Å². The summed E-state index contributed by atoms with van der Waals surface area (Å²) in [5.41, 5.74) is 0. The van der Waals surface area contributed by atoms with Crippen LogP contribution in [0.5, 0.6) is 0 Å². The molecule has 0 radical (unpaired) electrons. The smallest absolute Gasteiger partial charge is 0.302 e. The molecule has 0 aromatic heterocycles. The van der Waals surface area contributed by atoms with E-state index in [9.17, 15) is 4.79 Å². The molecule has 64 valence electrons. The maximum absolute atomic E-state index is 10.6. The number of carbonyl (C=O) groups excluding carboxylic acids is 1. The molecule has 0 bridgehead atoms. The Morgan fingerprint density at radius 3 is 2.55 bits per heavy atom. The van der Waals surface area contributed by atoms with E-state index in [1.807, 2.05) is 0 Å². The van der Waals surface area contributed by atoms with E-state index < -0.39 is 0 Å². The Kier molecular flexibility index (Phi) is 2.92. The zero-order chi connectivity index (χ0) is 8.27. The molecule has 2 nitrogen and oxygen atoms in total. The first-order valence-corrected chi connectivity index (χ1v) is 4.37. The topological polar surface area (TPSA) is 26.3 Å². The lowest BCUT2D eigenvalue weighted by molar-refractivity contribution is -0.150. The molecule has 1 fully saturated rings. The van der Waals surface area contributed by atoms with Crippen LogP contribution in [-0.2, 0) is 9.53 Å². The Hall–Kier alpha value is -0.530. The van der Waals surface area contributed by atoms with E-state index in [0.717, 1.165) is 6.42 Å². The molecule has 1 rings (SSSR count). The average molecular weight is 156 g/mol. The summed E-state index contributed by atoms with van der Waals surface area (Å²) >= 11 is 0. The highest BCUT2D eigenvalue weighted by Gasteiger charge is 2.23. The monoisotopic (exact) mass is 156 g/mol. The van der Waals surface area contributed by atoms with Crippen molar-refractivity contribution in [2.24, 2.45) is 5.92 Å². The van der Waals surface area contributed by atoms with Gasteiger partial charge in [-0.2, -0.15) is 0 Å². The summed E-state index contributed by atoms with van der Waals surface area (Å²) in [4.78, 5) is 10.6. The fourth-order valence-electron chi connectivity index (χ4n) is 1.67. The van der Waals surface area contributed by atoms with Gasteiger partial charge in [0.15, 0.2) is 0 Å². The van der Waals surface area contributed by atoms with Crippen LogP contribution in [0.2, 0.25) is 0 Å². The Morgan fingerprint density at radius 2 is 2.00 bits per heavy atom. The molecule has 1 saturated carbocycles. The Labute approximate surface area is 67.9 Å². The molecule has 0 spiro atoms. The number of esters is 1. The van der Waals surface area contributed by atoms with E-state index in [1.54, 1.807) is 0 Å². The third kappa shape index (κ3) is 2.52.